The van der Waals surface area contributed by atoms with Crippen molar-refractivity contribution >= 4 is 17.8 Å². The summed E-state index contributed by atoms with van der Waals surface area (Å²) in [7, 11) is 0. The van der Waals surface area contributed by atoms with Crippen LogP contribution in [0.25, 0.3) is 0 Å². The number of carbonyl (C=O) groups is 2. The van der Waals surface area contributed by atoms with Crippen molar-refractivity contribution in [2.75, 3.05) is 11.4 Å². The first-order valence-electron chi connectivity index (χ1n) is 6.16. The van der Waals surface area contributed by atoms with E-state index in [2.05, 4.69) is 0 Å². The van der Waals surface area contributed by atoms with E-state index < -0.39 is 5.82 Å². The second-order valence-corrected chi connectivity index (χ2v) is 4.61. The molecule has 1 heterocycles. The van der Waals surface area contributed by atoms with Crippen LogP contribution in [0.1, 0.15) is 36.5 Å². The van der Waals surface area contributed by atoms with E-state index >= 15 is 0 Å². The number of hydrogen-bond acceptors (Lipinski definition) is 3. The highest BCUT2D eigenvalue weighted by molar-refractivity contribution is 5.94. The van der Waals surface area contributed by atoms with Gasteiger partial charge in [-0.1, -0.05) is 0 Å². The van der Waals surface area contributed by atoms with Gasteiger partial charge in [-0.05, 0) is 44.4 Å². The van der Waals surface area contributed by atoms with Gasteiger partial charge in [-0.25, -0.2) is 4.39 Å². The number of carbonyl (C=O) groups excluding carboxylic acids is 2. The third-order valence-corrected chi connectivity index (χ3v) is 3.37. The third-order valence-electron chi connectivity index (χ3n) is 3.37. The summed E-state index contributed by atoms with van der Waals surface area (Å²) in [6.07, 6.45) is 3.58. The number of hydrogen-bond donors (Lipinski definition) is 0. The second-order valence-electron chi connectivity index (χ2n) is 4.61. The number of benzene rings is 1. The summed E-state index contributed by atoms with van der Waals surface area (Å²) in [6, 6.07) is 4.19. The van der Waals surface area contributed by atoms with Gasteiger partial charge in [0.25, 0.3) is 0 Å². The molecule has 0 amide bonds. The predicted molar refractivity (Wildman–Crippen MR) is 67.5 cm³/mol. The van der Waals surface area contributed by atoms with Crippen molar-refractivity contribution in [2.24, 2.45) is 0 Å². The Labute approximate surface area is 106 Å². The number of nitrogens with zero attached hydrogens (tertiary/aromatic N) is 1. The Bertz CT molecular complexity index is 473. The highest BCUT2D eigenvalue weighted by Crippen LogP contribution is 2.27. The van der Waals surface area contributed by atoms with Crippen molar-refractivity contribution in [3.8, 4) is 0 Å². The molecule has 0 spiro atoms. The molecule has 1 aromatic carbocycles. The molecule has 0 bridgehead atoms. The average molecular weight is 249 g/mol. The van der Waals surface area contributed by atoms with Crippen molar-refractivity contribution in [1.29, 1.82) is 0 Å². The monoisotopic (exact) mass is 249 g/mol. The summed E-state index contributed by atoms with van der Waals surface area (Å²) in [5, 5.41) is 0. The van der Waals surface area contributed by atoms with Gasteiger partial charge in [0, 0.05) is 12.1 Å². The number of Topliss-reactive ketones (excluding diaryl/α,β-unsaturated/α-hetero) is 1. The van der Waals surface area contributed by atoms with E-state index in [0.717, 1.165) is 25.5 Å². The Morgan fingerprint density at radius 2 is 2.22 bits per heavy atom. The van der Waals surface area contributed by atoms with Gasteiger partial charge in [0.15, 0.2) is 5.78 Å². The number of anilines is 1. The summed E-state index contributed by atoms with van der Waals surface area (Å²) >= 11 is 0. The average Bonchev–Trinajstić information content (AvgIpc) is 2.38. The summed E-state index contributed by atoms with van der Waals surface area (Å²) in [6.45, 7) is 2.09. The van der Waals surface area contributed by atoms with E-state index in [1.54, 1.807) is 17.0 Å². The molecule has 1 aliphatic heterocycles. The van der Waals surface area contributed by atoms with E-state index in [9.17, 15) is 14.0 Å². The van der Waals surface area contributed by atoms with Crippen molar-refractivity contribution in [2.45, 2.75) is 32.2 Å². The zero-order valence-electron chi connectivity index (χ0n) is 10.4. The lowest BCUT2D eigenvalue weighted by molar-refractivity contribution is -0.109. The van der Waals surface area contributed by atoms with Crippen LogP contribution in [0.5, 0.6) is 0 Å². The fraction of sp³-hybridized carbons (Fsp3) is 0.429. The van der Waals surface area contributed by atoms with Crippen molar-refractivity contribution < 1.29 is 14.0 Å². The van der Waals surface area contributed by atoms with E-state index in [4.69, 9.17) is 0 Å². The van der Waals surface area contributed by atoms with Crippen LogP contribution < -0.4 is 4.90 Å². The molecular weight excluding hydrogens is 233 g/mol. The smallest absolute Gasteiger partial charge is 0.159 e. The Balaban J connectivity index is 2.32. The van der Waals surface area contributed by atoms with Crippen LogP contribution in [-0.4, -0.2) is 24.7 Å². The van der Waals surface area contributed by atoms with Crippen LogP contribution in [-0.2, 0) is 4.79 Å². The molecule has 0 radical (unpaired) electrons. The first kappa shape index (κ1) is 12.7. The molecule has 0 saturated carbocycles. The van der Waals surface area contributed by atoms with Gasteiger partial charge in [0.2, 0.25) is 0 Å². The molecule has 0 aromatic heterocycles. The molecule has 1 aliphatic rings. The van der Waals surface area contributed by atoms with Crippen molar-refractivity contribution in [1.82, 2.24) is 0 Å². The van der Waals surface area contributed by atoms with Crippen LogP contribution in [0.4, 0.5) is 10.1 Å². The van der Waals surface area contributed by atoms with E-state index in [-0.39, 0.29) is 11.8 Å². The second kappa shape index (κ2) is 5.29. The molecule has 4 heteroatoms. The van der Waals surface area contributed by atoms with Crippen molar-refractivity contribution in [3.05, 3.63) is 29.6 Å². The molecule has 18 heavy (non-hydrogen) atoms. The Kier molecular flexibility index (Phi) is 3.75. The van der Waals surface area contributed by atoms with Gasteiger partial charge >= 0.3 is 0 Å². The minimum Gasteiger partial charge on any atom is -0.359 e. The third kappa shape index (κ3) is 2.42. The zero-order valence-corrected chi connectivity index (χ0v) is 10.4. The normalized spacial score (nSPS) is 19.7. The summed E-state index contributed by atoms with van der Waals surface area (Å²) in [4.78, 5) is 24.0. The lowest BCUT2D eigenvalue weighted by Gasteiger charge is -2.34. The summed E-state index contributed by atoms with van der Waals surface area (Å²) in [5.41, 5.74) is 0.771. The Hall–Kier alpha value is -1.71. The van der Waals surface area contributed by atoms with Crippen LogP contribution in [0.2, 0.25) is 0 Å². The first-order valence-corrected chi connectivity index (χ1v) is 6.16. The highest BCUT2D eigenvalue weighted by Gasteiger charge is 2.24. The maximum absolute atomic E-state index is 14.0. The maximum Gasteiger partial charge on any atom is 0.159 e. The Morgan fingerprint density at radius 1 is 1.44 bits per heavy atom. The molecule has 3 nitrogen and oxygen atoms in total. The highest BCUT2D eigenvalue weighted by atomic mass is 19.1. The molecule has 96 valence electrons. The van der Waals surface area contributed by atoms with Crippen molar-refractivity contribution in [3.63, 3.8) is 0 Å². The van der Waals surface area contributed by atoms with Crippen LogP contribution in [0, 0.1) is 5.82 Å². The van der Waals surface area contributed by atoms with E-state index in [1.165, 1.54) is 13.0 Å². The first-order chi connectivity index (χ1) is 8.63. The molecule has 1 aromatic rings. The van der Waals surface area contributed by atoms with Gasteiger partial charge in [-0.3, -0.25) is 4.79 Å². The SMILES string of the molecule is CC(=O)c1ccc(N2CCCCC2C=O)c(F)c1. The fourth-order valence-corrected chi connectivity index (χ4v) is 2.36. The number of ketones is 1. The van der Waals surface area contributed by atoms with Crippen LogP contribution >= 0.6 is 0 Å². The summed E-state index contributed by atoms with van der Waals surface area (Å²) < 4.78 is 14.0. The van der Waals surface area contributed by atoms with Crippen LogP contribution in [0.3, 0.4) is 0 Å². The molecule has 1 fully saturated rings. The molecule has 1 atom stereocenters. The largest absolute Gasteiger partial charge is 0.359 e. The standard InChI is InChI=1S/C14H16FNO2/c1-10(18)11-5-6-14(13(15)8-11)16-7-3-2-4-12(16)9-17/h5-6,8-9,12H,2-4,7H2,1H3. The lowest BCUT2D eigenvalue weighted by Crippen LogP contribution is -2.41. The minimum atomic E-state index is -0.434. The Morgan fingerprint density at radius 3 is 2.83 bits per heavy atom. The summed E-state index contributed by atoms with van der Waals surface area (Å²) in [5.74, 6) is -0.595. The topological polar surface area (TPSA) is 37.4 Å². The molecule has 0 aliphatic carbocycles. The minimum absolute atomic E-state index is 0.161. The molecule has 1 saturated heterocycles. The fourth-order valence-electron chi connectivity index (χ4n) is 2.36. The quantitative estimate of drug-likeness (QED) is 0.610. The maximum atomic E-state index is 14.0. The lowest BCUT2D eigenvalue weighted by atomic mass is 10.0. The molecule has 0 N–H and O–H groups in total. The van der Waals surface area contributed by atoms with E-state index in [1.807, 2.05) is 0 Å². The number of piperidine rings is 1. The van der Waals surface area contributed by atoms with E-state index in [0.29, 0.717) is 17.8 Å². The molecule has 2 rings (SSSR count). The molecule has 1 unspecified atom stereocenters. The van der Waals surface area contributed by atoms with Gasteiger partial charge in [-0.15, -0.1) is 0 Å². The number of aldehydes is 1. The predicted octanol–water partition coefficient (Wildman–Crippen LogP) is 2.59. The van der Waals surface area contributed by atoms with Crippen LogP contribution in [0.15, 0.2) is 18.2 Å². The number of rotatable bonds is 3. The van der Waals surface area contributed by atoms with Gasteiger partial charge in [0.1, 0.15) is 12.1 Å². The molecular formula is C14H16FNO2. The van der Waals surface area contributed by atoms with Gasteiger partial charge in [0.05, 0.1) is 11.7 Å². The van der Waals surface area contributed by atoms with Gasteiger partial charge in [-0.2, -0.15) is 0 Å². The zero-order chi connectivity index (χ0) is 13.1. The number of halogens is 1. The van der Waals surface area contributed by atoms with Gasteiger partial charge < -0.3 is 9.69 Å².